The van der Waals surface area contributed by atoms with Crippen LogP contribution in [0.5, 0.6) is 5.75 Å². The van der Waals surface area contributed by atoms with Crippen molar-refractivity contribution in [3.63, 3.8) is 0 Å². The molecule has 0 saturated carbocycles. The molecule has 0 radical (unpaired) electrons. The lowest BCUT2D eigenvalue weighted by Gasteiger charge is -2.07. The molecule has 1 amide bonds. The second-order valence-electron chi connectivity index (χ2n) is 5.03. The van der Waals surface area contributed by atoms with Gasteiger partial charge in [-0.25, -0.2) is 0 Å². The topological polar surface area (TPSA) is 38.3 Å². The van der Waals surface area contributed by atoms with Crippen molar-refractivity contribution < 1.29 is 9.53 Å². The summed E-state index contributed by atoms with van der Waals surface area (Å²) in [6, 6.07) is 11.6. The number of ether oxygens (including phenoxy) is 1. The Morgan fingerprint density at radius 2 is 1.95 bits per heavy atom. The molecule has 0 aliphatic carbocycles. The van der Waals surface area contributed by atoms with Gasteiger partial charge in [0.15, 0.2) is 0 Å². The maximum absolute atomic E-state index is 12.0. The molecule has 0 aliphatic heterocycles. The van der Waals surface area contributed by atoms with Crippen LogP contribution in [0.1, 0.15) is 16.7 Å². The highest BCUT2D eigenvalue weighted by molar-refractivity contribution is 9.10. The van der Waals surface area contributed by atoms with E-state index >= 15 is 0 Å². The molecule has 114 valence electrons. The van der Waals surface area contributed by atoms with E-state index in [4.69, 9.17) is 4.74 Å². The summed E-state index contributed by atoms with van der Waals surface area (Å²) in [5.74, 6) is 0.607. The SMILES string of the molecule is COc1ccc(C=CC(=O)Nc2ccc(C)cc2C)cc1Br. The van der Waals surface area contributed by atoms with E-state index in [1.807, 2.05) is 50.2 Å². The maximum atomic E-state index is 12.0. The number of carbonyl (C=O) groups is 1. The lowest BCUT2D eigenvalue weighted by atomic mass is 10.1. The molecule has 0 saturated heterocycles. The van der Waals surface area contributed by atoms with Gasteiger partial charge in [0.25, 0.3) is 0 Å². The normalized spacial score (nSPS) is 10.7. The summed E-state index contributed by atoms with van der Waals surface area (Å²) < 4.78 is 6.03. The van der Waals surface area contributed by atoms with Crippen molar-refractivity contribution in [3.8, 4) is 5.75 Å². The molecule has 0 unspecified atom stereocenters. The third-order valence-electron chi connectivity index (χ3n) is 3.24. The summed E-state index contributed by atoms with van der Waals surface area (Å²) in [7, 11) is 1.62. The van der Waals surface area contributed by atoms with Crippen molar-refractivity contribution in [3.05, 3.63) is 63.6 Å². The Kier molecular flexibility index (Phi) is 5.39. The molecule has 0 atom stereocenters. The second-order valence-corrected chi connectivity index (χ2v) is 5.89. The molecule has 2 aromatic rings. The van der Waals surface area contributed by atoms with Crippen LogP contribution in [0.25, 0.3) is 6.08 Å². The molecule has 2 aromatic carbocycles. The number of benzene rings is 2. The number of anilines is 1. The number of amides is 1. The summed E-state index contributed by atoms with van der Waals surface area (Å²) in [6.45, 7) is 4.01. The summed E-state index contributed by atoms with van der Waals surface area (Å²) in [5, 5.41) is 2.88. The maximum Gasteiger partial charge on any atom is 0.248 e. The van der Waals surface area contributed by atoms with Gasteiger partial charge >= 0.3 is 0 Å². The van der Waals surface area contributed by atoms with Crippen LogP contribution in [0.2, 0.25) is 0 Å². The smallest absolute Gasteiger partial charge is 0.248 e. The highest BCUT2D eigenvalue weighted by Crippen LogP contribution is 2.26. The summed E-state index contributed by atoms with van der Waals surface area (Å²) >= 11 is 3.42. The van der Waals surface area contributed by atoms with Crippen LogP contribution in [0.15, 0.2) is 46.9 Å². The first-order chi connectivity index (χ1) is 10.5. The van der Waals surface area contributed by atoms with Crippen molar-refractivity contribution >= 4 is 33.6 Å². The summed E-state index contributed by atoms with van der Waals surface area (Å²) in [5.41, 5.74) is 3.97. The average Bonchev–Trinajstić information content (AvgIpc) is 2.48. The van der Waals surface area contributed by atoms with E-state index in [1.54, 1.807) is 13.2 Å². The molecular formula is C18H18BrNO2. The Morgan fingerprint density at radius 1 is 1.18 bits per heavy atom. The van der Waals surface area contributed by atoms with Crippen LogP contribution >= 0.6 is 15.9 Å². The molecule has 0 aliphatic rings. The number of nitrogens with one attached hydrogen (secondary N) is 1. The van der Waals surface area contributed by atoms with E-state index in [2.05, 4.69) is 21.2 Å². The Balaban J connectivity index is 2.06. The van der Waals surface area contributed by atoms with E-state index < -0.39 is 0 Å². The first-order valence-electron chi connectivity index (χ1n) is 6.89. The van der Waals surface area contributed by atoms with Gasteiger partial charge in [-0.3, -0.25) is 4.79 Å². The zero-order valence-corrected chi connectivity index (χ0v) is 14.4. The fraction of sp³-hybridized carbons (Fsp3) is 0.167. The van der Waals surface area contributed by atoms with Crippen LogP contribution in [0.3, 0.4) is 0 Å². The molecule has 0 heterocycles. The number of methoxy groups -OCH3 is 1. The van der Waals surface area contributed by atoms with Crippen molar-refractivity contribution in [2.24, 2.45) is 0 Å². The van der Waals surface area contributed by atoms with Crippen LogP contribution in [-0.2, 0) is 4.79 Å². The largest absolute Gasteiger partial charge is 0.496 e. The molecule has 22 heavy (non-hydrogen) atoms. The zero-order chi connectivity index (χ0) is 16.1. The molecule has 4 heteroatoms. The van der Waals surface area contributed by atoms with E-state index in [9.17, 15) is 4.79 Å². The van der Waals surface area contributed by atoms with Crippen LogP contribution in [-0.4, -0.2) is 13.0 Å². The van der Waals surface area contributed by atoms with Gasteiger partial charge in [-0.1, -0.05) is 23.8 Å². The lowest BCUT2D eigenvalue weighted by Crippen LogP contribution is -2.08. The Labute approximate surface area is 139 Å². The minimum absolute atomic E-state index is 0.154. The number of halogens is 1. The van der Waals surface area contributed by atoms with Crippen molar-refractivity contribution in [1.82, 2.24) is 0 Å². The first kappa shape index (κ1) is 16.3. The predicted octanol–water partition coefficient (Wildman–Crippen LogP) is 4.73. The molecule has 2 rings (SSSR count). The first-order valence-corrected chi connectivity index (χ1v) is 7.69. The van der Waals surface area contributed by atoms with E-state index in [1.165, 1.54) is 11.6 Å². The van der Waals surface area contributed by atoms with E-state index in [-0.39, 0.29) is 5.91 Å². The number of hydrogen-bond acceptors (Lipinski definition) is 2. The van der Waals surface area contributed by atoms with Gasteiger partial charge in [0.1, 0.15) is 5.75 Å². The minimum atomic E-state index is -0.154. The van der Waals surface area contributed by atoms with E-state index in [0.29, 0.717) is 0 Å². The molecule has 3 nitrogen and oxygen atoms in total. The monoisotopic (exact) mass is 359 g/mol. The van der Waals surface area contributed by atoms with Gasteiger partial charge in [-0.15, -0.1) is 0 Å². The second kappa shape index (κ2) is 7.27. The Morgan fingerprint density at radius 3 is 2.59 bits per heavy atom. The van der Waals surface area contributed by atoms with Gasteiger partial charge in [0, 0.05) is 11.8 Å². The third kappa shape index (κ3) is 4.21. The van der Waals surface area contributed by atoms with Crippen LogP contribution < -0.4 is 10.1 Å². The summed E-state index contributed by atoms with van der Waals surface area (Å²) in [6.07, 6.45) is 3.29. The standard InChI is InChI=1S/C18H18BrNO2/c1-12-4-7-16(13(2)10-12)20-18(21)9-6-14-5-8-17(22-3)15(19)11-14/h4-11H,1-3H3,(H,20,21). The Hall–Kier alpha value is -2.07. The molecule has 0 spiro atoms. The lowest BCUT2D eigenvalue weighted by molar-refractivity contribution is -0.111. The predicted molar refractivity (Wildman–Crippen MR) is 94.3 cm³/mol. The van der Waals surface area contributed by atoms with Gasteiger partial charge in [0.2, 0.25) is 5.91 Å². The van der Waals surface area contributed by atoms with E-state index in [0.717, 1.165) is 27.0 Å². The highest BCUT2D eigenvalue weighted by Gasteiger charge is 2.03. The number of carbonyl (C=O) groups excluding carboxylic acids is 1. The Bertz CT molecular complexity index is 723. The number of hydrogen-bond donors (Lipinski definition) is 1. The van der Waals surface area contributed by atoms with Gasteiger partial charge in [-0.05, 0) is 65.2 Å². The molecule has 0 aromatic heterocycles. The molecule has 0 fully saturated rings. The molecule has 0 bridgehead atoms. The third-order valence-corrected chi connectivity index (χ3v) is 3.86. The average molecular weight is 360 g/mol. The van der Waals surface area contributed by atoms with Crippen molar-refractivity contribution in [1.29, 1.82) is 0 Å². The summed E-state index contributed by atoms with van der Waals surface area (Å²) in [4.78, 5) is 12.0. The molecule has 1 N–H and O–H groups in total. The minimum Gasteiger partial charge on any atom is -0.496 e. The fourth-order valence-electron chi connectivity index (χ4n) is 2.09. The van der Waals surface area contributed by atoms with Gasteiger partial charge in [-0.2, -0.15) is 0 Å². The van der Waals surface area contributed by atoms with Crippen LogP contribution in [0.4, 0.5) is 5.69 Å². The quantitative estimate of drug-likeness (QED) is 0.801. The number of rotatable bonds is 4. The van der Waals surface area contributed by atoms with Crippen molar-refractivity contribution in [2.75, 3.05) is 12.4 Å². The van der Waals surface area contributed by atoms with Crippen molar-refractivity contribution in [2.45, 2.75) is 13.8 Å². The zero-order valence-electron chi connectivity index (χ0n) is 12.8. The van der Waals surface area contributed by atoms with Gasteiger partial charge < -0.3 is 10.1 Å². The number of aryl methyl sites for hydroxylation is 2. The highest BCUT2D eigenvalue weighted by atomic mass is 79.9. The molecular weight excluding hydrogens is 342 g/mol. The van der Waals surface area contributed by atoms with Crippen LogP contribution in [0, 0.1) is 13.8 Å². The fourth-order valence-corrected chi connectivity index (χ4v) is 2.64. The van der Waals surface area contributed by atoms with Gasteiger partial charge in [0.05, 0.1) is 11.6 Å².